The molecule has 0 aliphatic rings. The van der Waals surface area contributed by atoms with E-state index in [4.69, 9.17) is 4.74 Å². The third-order valence-electron chi connectivity index (χ3n) is 2.63. The van der Waals surface area contributed by atoms with Gasteiger partial charge in [0.05, 0.1) is 12.1 Å². The van der Waals surface area contributed by atoms with Crippen LogP contribution in [0, 0.1) is 6.92 Å². The Morgan fingerprint density at radius 1 is 1.47 bits per heavy atom. The third kappa shape index (κ3) is 3.79. The minimum Gasteiger partial charge on any atom is -0.497 e. The summed E-state index contributed by atoms with van der Waals surface area (Å²) in [6, 6.07) is 7.11. The molecule has 1 aromatic carbocycles. The third-order valence-corrected chi connectivity index (χ3v) is 3.60. The lowest BCUT2D eigenvalue weighted by atomic mass is 10.2. The van der Waals surface area contributed by atoms with Gasteiger partial charge in [-0.1, -0.05) is 6.07 Å². The number of aromatic nitrogens is 1. The molecule has 0 aliphatic heterocycles. The monoisotopic (exact) mass is 276 g/mol. The van der Waals surface area contributed by atoms with Gasteiger partial charge in [0, 0.05) is 29.6 Å². The van der Waals surface area contributed by atoms with Crippen LogP contribution in [-0.4, -0.2) is 24.5 Å². The van der Waals surface area contributed by atoms with Crippen molar-refractivity contribution in [3.63, 3.8) is 0 Å². The SMILES string of the molecule is COc1cccc(C(=O)NCCc2ncc(C)s2)c1. The molecule has 2 aromatic rings. The summed E-state index contributed by atoms with van der Waals surface area (Å²) in [4.78, 5) is 17.4. The molecule has 0 saturated carbocycles. The molecule has 0 unspecified atom stereocenters. The zero-order chi connectivity index (χ0) is 13.7. The predicted molar refractivity (Wildman–Crippen MR) is 75.9 cm³/mol. The Balaban J connectivity index is 1.87. The zero-order valence-electron chi connectivity index (χ0n) is 11.0. The van der Waals surface area contributed by atoms with E-state index in [9.17, 15) is 4.79 Å². The summed E-state index contributed by atoms with van der Waals surface area (Å²) in [5.41, 5.74) is 0.606. The summed E-state index contributed by atoms with van der Waals surface area (Å²) in [5.74, 6) is 0.593. The number of nitrogens with zero attached hydrogens (tertiary/aromatic N) is 1. The standard InChI is InChI=1S/C14H16N2O2S/c1-10-9-16-13(19-10)6-7-15-14(17)11-4-3-5-12(8-11)18-2/h3-5,8-9H,6-7H2,1-2H3,(H,15,17). The second-order valence-electron chi connectivity index (χ2n) is 4.10. The number of carbonyl (C=O) groups excluding carboxylic acids is 1. The van der Waals surface area contributed by atoms with E-state index in [-0.39, 0.29) is 5.91 Å². The summed E-state index contributed by atoms with van der Waals surface area (Å²) in [5, 5.41) is 3.93. The van der Waals surface area contributed by atoms with Gasteiger partial charge in [0.1, 0.15) is 5.75 Å². The van der Waals surface area contributed by atoms with Crippen molar-refractivity contribution in [3.8, 4) is 5.75 Å². The Labute approximate surface area is 116 Å². The van der Waals surface area contributed by atoms with Gasteiger partial charge in [-0.05, 0) is 25.1 Å². The molecule has 1 aromatic heterocycles. The molecule has 4 nitrogen and oxygen atoms in total. The van der Waals surface area contributed by atoms with E-state index in [1.165, 1.54) is 4.88 Å². The summed E-state index contributed by atoms with van der Waals surface area (Å²) in [6.07, 6.45) is 2.61. The first-order valence-electron chi connectivity index (χ1n) is 6.02. The molecule has 2 rings (SSSR count). The van der Waals surface area contributed by atoms with Gasteiger partial charge in [-0.3, -0.25) is 4.79 Å². The Hall–Kier alpha value is -1.88. The number of rotatable bonds is 5. The Morgan fingerprint density at radius 2 is 2.32 bits per heavy atom. The van der Waals surface area contributed by atoms with E-state index in [0.717, 1.165) is 11.4 Å². The van der Waals surface area contributed by atoms with Gasteiger partial charge in [-0.15, -0.1) is 11.3 Å². The average molecular weight is 276 g/mol. The Bertz CT molecular complexity index is 566. The summed E-state index contributed by atoms with van der Waals surface area (Å²) in [7, 11) is 1.59. The van der Waals surface area contributed by atoms with Crippen LogP contribution in [0.3, 0.4) is 0 Å². The molecule has 0 fully saturated rings. The first-order chi connectivity index (χ1) is 9.19. The van der Waals surface area contributed by atoms with E-state index in [2.05, 4.69) is 10.3 Å². The van der Waals surface area contributed by atoms with Crippen molar-refractivity contribution < 1.29 is 9.53 Å². The van der Waals surface area contributed by atoms with Crippen molar-refractivity contribution in [3.05, 3.63) is 45.9 Å². The smallest absolute Gasteiger partial charge is 0.251 e. The van der Waals surface area contributed by atoms with Crippen molar-refractivity contribution in [1.82, 2.24) is 10.3 Å². The van der Waals surface area contributed by atoms with E-state index in [0.29, 0.717) is 17.9 Å². The first-order valence-corrected chi connectivity index (χ1v) is 6.84. The van der Waals surface area contributed by atoms with Gasteiger partial charge in [0.25, 0.3) is 5.91 Å². The van der Waals surface area contributed by atoms with Crippen molar-refractivity contribution in [2.24, 2.45) is 0 Å². The summed E-state index contributed by atoms with van der Waals surface area (Å²) < 4.78 is 5.09. The second-order valence-corrected chi connectivity index (χ2v) is 5.42. The lowest BCUT2D eigenvalue weighted by molar-refractivity contribution is 0.0954. The highest BCUT2D eigenvalue weighted by molar-refractivity contribution is 7.11. The highest BCUT2D eigenvalue weighted by atomic mass is 32.1. The number of thiazole rings is 1. The topological polar surface area (TPSA) is 51.2 Å². The minimum absolute atomic E-state index is 0.0906. The minimum atomic E-state index is -0.0906. The molecular weight excluding hydrogens is 260 g/mol. The number of benzene rings is 1. The molecule has 1 N–H and O–H groups in total. The van der Waals surface area contributed by atoms with Crippen molar-refractivity contribution in [2.45, 2.75) is 13.3 Å². The summed E-state index contributed by atoms with van der Waals surface area (Å²) >= 11 is 1.66. The van der Waals surface area contributed by atoms with Gasteiger partial charge in [-0.25, -0.2) is 4.98 Å². The molecule has 0 aliphatic carbocycles. The lowest BCUT2D eigenvalue weighted by Crippen LogP contribution is -2.25. The molecule has 1 amide bonds. The lowest BCUT2D eigenvalue weighted by Gasteiger charge is -2.05. The largest absolute Gasteiger partial charge is 0.497 e. The number of methoxy groups -OCH3 is 1. The van der Waals surface area contributed by atoms with Gasteiger partial charge < -0.3 is 10.1 Å². The van der Waals surface area contributed by atoms with Crippen molar-refractivity contribution >= 4 is 17.2 Å². The fourth-order valence-electron chi connectivity index (χ4n) is 1.67. The Kier molecular flexibility index (Phi) is 4.52. The highest BCUT2D eigenvalue weighted by Crippen LogP contribution is 2.13. The highest BCUT2D eigenvalue weighted by Gasteiger charge is 2.06. The number of amides is 1. The molecule has 0 spiro atoms. The Morgan fingerprint density at radius 3 is 3.00 bits per heavy atom. The molecule has 19 heavy (non-hydrogen) atoms. The van der Waals surface area contributed by atoms with Crippen LogP contribution in [0.4, 0.5) is 0 Å². The van der Waals surface area contributed by atoms with Crippen LogP contribution in [0.15, 0.2) is 30.5 Å². The van der Waals surface area contributed by atoms with E-state index >= 15 is 0 Å². The maximum atomic E-state index is 11.9. The molecule has 100 valence electrons. The van der Waals surface area contributed by atoms with Crippen LogP contribution >= 0.6 is 11.3 Å². The quantitative estimate of drug-likeness (QED) is 0.912. The predicted octanol–water partition coefficient (Wildman–Crippen LogP) is 2.43. The number of ether oxygens (including phenoxy) is 1. The van der Waals surface area contributed by atoms with E-state index < -0.39 is 0 Å². The van der Waals surface area contributed by atoms with Gasteiger partial charge in [0.2, 0.25) is 0 Å². The fraction of sp³-hybridized carbons (Fsp3) is 0.286. The average Bonchev–Trinajstić information content (AvgIpc) is 2.84. The first kappa shape index (κ1) is 13.5. The number of hydrogen-bond donors (Lipinski definition) is 1. The van der Waals surface area contributed by atoms with Gasteiger partial charge in [-0.2, -0.15) is 0 Å². The molecule has 0 saturated heterocycles. The van der Waals surface area contributed by atoms with Gasteiger partial charge >= 0.3 is 0 Å². The van der Waals surface area contributed by atoms with Crippen LogP contribution < -0.4 is 10.1 Å². The number of hydrogen-bond acceptors (Lipinski definition) is 4. The number of carbonyl (C=O) groups is 1. The molecule has 0 radical (unpaired) electrons. The maximum Gasteiger partial charge on any atom is 0.251 e. The number of aryl methyl sites for hydroxylation is 1. The maximum absolute atomic E-state index is 11.9. The molecule has 0 atom stereocenters. The molecular formula is C14H16N2O2S. The van der Waals surface area contributed by atoms with E-state index in [1.54, 1.807) is 36.6 Å². The summed E-state index contributed by atoms with van der Waals surface area (Å²) in [6.45, 7) is 2.61. The molecule has 1 heterocycles. The van der Waals surface area contributed by atoms with Crippen LogP contribution in [0.25, 0.3) is 0 Å². The van der Waals surface area contributed by atoms with E-state index in [1.807, 2.05) is 19.2 Å². The van der Waals surface area contributed by atoms with Crippen LogP contribution in [0.5, 0.6) is 5.75 Å². The normalized spacial score (nSPS) is 10.2. The molecule has 0 bridgehead atoms. The zero-order valence-corrected chi connectivity index (χ0v) is 11.8. The van der Waals surface area contributed by atoms with Crippen LogP contribution in [-0.2, 0) is 6.42 Å². The molecule has 5 heteroatoms. The van der Waals surface area contributed by atoms with Crippen LogP contribution in [0.2, 0.25) is 0 Å². The van der Waals surface area contributed by atoms with Crippen LogP contribution in [0.1, 0.15) is 20.2 Å². The van der Waals surface area contributed by atoms with Crippen molar-refractivity contribution in [1.29, 1.82) is 0 Å². The van der Waals surface area contributed by atoms with Gasteiger partial charge in [0.15, 0.2) is 0 Å². The number of nitrogens with one attached hydrogen (secondary N) is 1. The van der Waals surface area contributed by atoms with Crippen molar-refractivity contribution in [2.75, 3.05) is 13.7 Å². The fourth-order valence-corrected chi connectivity index (χ4v) is 2.45. The second kappa shape index (κ2) is 6.33.